The molecular formula is C42H55NO11. The maximum Gasteiger partial charge on any atom is 0.344 e. The Morgan fingerprint density at radius 2 is 1.46 bits per heavy atom. The van der Waals surface area contributed by atoms with E-state index in [9.17, 15) is 14.4 Å². The summed E-state index contributed by atoms with van der Waals surface area (Å²) in [7, 11) is 7.74. The quantitative estimate of drug-likeness (QED) is 0.130. The molecule has 12 heteroatoms. The van der Waals surface area contributed by atoms with Crippen LogP contribution in [0.1, 0.15) is 88.5 Å². The summed E-state index contributed by atoms with van der Waals surface area (Å²) in [5.74, 6) is 1.09. The number of aryl methyl sites for hydroxylation is 1. The van der Waals surface area contributed by atoms with E-state index >= 15 is 0 Å². The fourth-order valence-electron chi connectivity index (χ4n) is 6.71. The highest BCUT2D eigenvalue weighted by molar-refractivity contribution is 5.89. The summed E-state index contributed by atoms with van der Waals surface area (Å²) in [4.78, 5) is 43.0. The fourth-order valence-corrected chi connectivity index (χ4v) is 6.71. The van der Waals surface area contributed by atoms with Gasteiger partial charge in [-0.05, 0) is 101 Å². The third kappa shape index (κ3) is 10.5. The summed E-state index contributed by atoms with van der Waals surface area (Å²) in [5, 5.41) is 0. The van der Waals surface area contributed by atoms with Gasteiger partial charge in [-0.25, -0.2) is 9.59 Å². The second-order valence-electron chi connectivity index (χ2n) is 14.0. The Bertz CT molecular complexity index is 1710. The van der Waals surface area contributed by atoms with Gasteiger partial charge >= 0.3 is 11.9 Å². The van der Waals surface area contributed by atoms with E-state index in [2.05, 4.69) is 0 Å². The number of ether oxygens (including phenoxy) is 8. The van der Waals surface area contributed by atoms with E-state index in [4.69, 9.17) is 37.9 Å². The standard InChI is InChI=1S/C42H55NO11/c1-10-29(28-24-36(49-7)39(51-9)37(25-28)50-8)40(45)43-22-14-13-16-31(43)41(46)53-33(20-18-27-19-21-34(47-5)35(23-27)48-6)30-15-11-12-17-32(30)52-26-38(44)54-42(2,3)4/h11-12,15,17,19,21,23-25,29,31,33H,10,13-14,16,18,20,22,26H2,1-9H3/t29-,31-,33+/m0/s1. The Morgan fingerprint density at radius 1 is 0.796 bits per heavy atom. The lowest BCUT2D eigenvalue weighted by molar-refractivity contribution is -0.163. The summed E-state index contributed by atoms with van der Waals surface area (Å²) in [6.07, 6.45) is 2.54. The molecule has 3 aromatic carbocycles. The van der Waals surface area contributed by atoms with Crippen LogP contribution in [0.2, 0.25) is 0 Å². The molecule has 3 aromatic rings. The fraction of sp³-hybridized carbons (Fsp3) is 0.500. The maximum absolute atomic E-state index is 14.4. The first kappa shape index (κ1) is 41.6. The number of nitrogens with zero attached hydrogens (tertiary/aromatic N) is 1. The smallest absolute Gasteiger partial charge is 0.344 e. The number of benzene rings is 3. The number of piperidine rings is 1. The van der Waals surface area contributed by atoms with E-state index in [0.717, 1.165) is 18.4 Å². The van der Waals surface area contributed by atoms with E-state index in [1.165, 1.54) is 21.3 Å². The number of hydrogen-bond acceptors (Lipinski definition) is 11. The highest BCUT2D eigenvalue weighted by atomic mass is 16.6. The van der Waals surface area contributed by atoms with Crippen LogP contribution in [0.15, 0.2) is 54.6 Å². The Morgan fingerprint density at radius 3 is 2.07 bits per heavy atom. The van der Waals surface area contributed by atoms with Crippen molar-refractivity contribution in [2.75, 3.05) is 48.7 Å². The second kappa shape index (κ2) is 19.3. The van der Waals surface area contributed by atoms with Crippen LogP contribution >= 0.6 is 0 Å². The van der Waals surface area contributed by atoms with Crippen LogP contribution in [-0.4, -0.2) is 83.1 Å². The number of likely N-dealkylation sites (tertiary alicyclic amines) is 1. The van der Waals surface area contributed by atoms with Gasteiger partial charge in [-0.15, -0.1) is 0 Å². The van der Waals surface area contributed by atoms with Crippen LogP contribution in [-0.2, 0) is 30.3 Å². The molecule has 54 heavy (non-hydrogen) atoms. The van der Waals surface area contributed by atoms with Crippen LogP contribution in [0.4, 0.5) is 0 Å². The zero-order valence-corrected chi connectivity index (χ0v) is 33.0. The number of methoxy groups -OCH3 is 5. The van der Waals surface area contributed by atoms with E-state index < -0.39 is 35.6 Å². The van der Waals surface area contributed by atoms with Crippen LogP contribution in [0.25, 0.3) is 0 Å². The van der Waals surface area contributed by atoms with Crippen molar-refractivity contribution in [2.24, 2.45) is 0 Å². The molecule has 0 bridgehead atoms. The Kier molecular flexibility index (Phi) is 14.9. The first-order valence-corrected chi connectivity index (χ1v) is 18.3. The molecule has 0 aromatic heterocycles. The molecule has 1 fully saturated rings. The van der Waals surface area contributed by atoms with E-state index in [0.29, 0.717) is 77.9 Å². The molecular weight excluding hydrogens is 694 g/mol. The van der Waals surface area contributed by atoms with E-state index in [1.54, 1.807) is 64.2 Å². The van der Waals surface area contributed by atoms with Gasteiger partial charge in [-0.3, -0.25) is 4.79 Å². The second-order valence-corrected chi connectivity index (χ2v) is 14.0. The summed E-state index contributed by atoms with van der Waals surface area (Å²) in [6.45, 7) is 7.38. The first-order valence-electron chi connectivity index (χ1n) is 18.3. The topological polar surface area (TPSA) is 128 Å². The molecule has 1 heterocycles. The number of para-hydroxylation sites is 1. The van der Waals surface area contributed by atoms with Crippen molar-refractivity contribution >= 4 is 17.8 Å². The molecule has 0 radical (unpaired) electrons. The third-order valence-electron chi connectivity index (χ3n) is 9.29. The molecule has 12 nitrogen and oxygen atoms in total. The zero-order valence-electron chi connectivity index (χ0n) is 33.0. The molecule has 0 N–H and O–H groups in total. The number of carbonyl (C=O) groups excluding carboxylic acids is 3. The van der Waals surface area contributed by atoms with Gasteiger partial charge in [0.1, 0.15) is 23.5 Å². The number of carbonyl (C=O) groups is 3. The van der Waals surface area contributed by atoms with Gasteiger partial charge in [-0.2, -0.15) is 0 Å². The lowest BCUT2D eigenvalue weighted by Gasteiger charge is -2.37. The van der Waals surface area contributed by atoms with Crippen LogP contribution in [0.3, 0.4) is 0 Å². The molecule has 0 unspecified atom stereocenters. The van der Waals surface area contributed by atoms with Crippen LogP contribution < -0.4 is 28.4 Å². The molecule has 3 atom stereocenters. The molecule has 0 saturated carbocycles. The molecule has 4 rings (SSSR count). The lowest BCUT2D eigenvalue weighted by atomic mass is 9.91. The van der Waals surface area contributed by atoms with Gasteiger partial charge in [0.15, 0.2) is 29.6 Å². The number of hydrogen-bond donors (Lipinski definition) is 0. The summed E-state index contributed by atoms with van der Waals surface area (Å²) in [6, 6.07) is 15.6. The minimum Gasteiger partial charge on any atom is -0.493 e. The predicted octanol–water partition coefficient (Wildman–Crippen LogP) is 7.24. The third-order valence-corrected chi connectivity index (χ3v) is 9.29. The molecule has 1 saturated heterocycles. The number of esters is 2. The normalized spacial score (nSPS) is 15.4. The minimum atomic E-state index is -0.805. The highest BCUT2D eigenvalue weighted by Crippen LogP contribution is 2.42. The Labute approximate surface area is 318 Å². The van der Waals surface area contributed by atoms with Crippen molar-refractivity contribution in [1.82, 2.24) is 4.90 Å². The van der Waals surface area contributed by atoms with Crippen molar-refractivity contribution in [3.63, 3.8) is 0 Å². The van der Waals surface area contributed by atoms with Crippen molar-refractivity contribution < 1.29 is 52.3 Å². The summed E-state index contributed by atoms with van der Waals surface area (Å²) < 4.78 is 45.4. The molecule has 0 spiro atoms. The monoisotopic (exact) mass is 749 g/mol. The molecule has 294 valence electrons. The van der Waals surface area contributed by atoms with Gasteiger partial charge in [-0.1, -0.05) is 31.2 Å². The zero-order chi connectivity index (χ0) is 39.4. The predicted molar refractivity (Wildman–Crippen MR) is 203 cm³/mol. The molecule has 0 aliphatic carbocycles. The summed E-state index contributed by atoms with van der Waals surface area (Å²) in [5.41, 5.74) is 1.54. The van der Waals surface area contributed by atoms with Gasteiger partial charge in [0.2, 0.25) is 11.7 Å². The van der Waals surface area contributed by atoms with Crippen LogP contribution in [0.5, 0.6) is 34.5 Å². The van der Waals surface area contributed by atoms with Gasteiger partial charge in [0, 0.05) is 12.1 Å². The average molecular weight is 750 g/mol. The molecule has 1 amide bonds. The van der Waals surface area contributed by atoms with Crippen molar-refractivity contribution in [2.45, 2.75) is 89.9 Å². The van der Waals surface area contributed by atoms with E-state index in [-0.39, 0.29) is 12.5 Å². The van der Waals surface area contributed by atoms with Gasteiger partial charge in [0.05, 0.1) is 41.5 Å². The SMILES string of the molecule is CC[C@H](C(=O)N1CCCC[C@H]1C(=O)O[C@H](CCc1ccc(OC)c(OC)c1)c1ccccc1OCC(=O)OC(C)(C)C)c1cc(OC)c(OC)c(OC)c1. The largest absolute Gasteiger partial charge is 0.493 e. The number of rotatable bonds is 17. The van der Waals surface area contributed by atoms with Crippen molar-refractivity contribution in [1.29, 1.82) is 0 Å². The Balaban J connectivity index is 1.64. The van der Waals surface area contributed by atoms with Crippen LogP contribution in [0, 0.1) is 0 Å². The highest BCUT2D eigenvalue weighted by Gasteiger charge is 2.38. The summed E-state index contributed by atoms with van der Waals surface area (Å²) >= 11 is 0. The molecule has 1 aliphatic heterocycles. The Hall–Kier alpha value is -5.13. The molecule has 1 aliphatic rings. The number of amides is 1. The average Bonchev–Trinajstić information content (AvgIpc) is 3.17. The maximum atomic E-state index is 14.4. The van der Waals surface area contributed by atoms with Crippen molar-refractivity contribution in [3.05, 3.63) is 71.3 Å². The minimum absolute atomic E-state index is 0.184. The lowest BCUT2D eigenvalue weighted by Crippen LogP contribution is -2.50. The first-order chi connectivity index (χ1) is 25.9. The van der Waals surface area contributed by atoms with Gasteiger partial charge < -0.3 is 42.8 Å². The van der Waals surface area contributed by atoms with E-state index in [1.807, 2.05) is 37.3 Å². The van der Waals surface area contributed by atoms with Gasteiger partial charge in [0.25, 0.3) is 0 Å². The van der Waals surface area contributed by atoms with Crippen molar-refractivity contribution in [3.8, 4) is 34.5 Å².